The molecule has 1 aromatic rings. The van der Waals surface area contributed by atoms with Crippen LogP contribution >= 0.6 is 0 Å². The topological polar surface area (TPSA) is 130 Å². The number of hydrogen-bond acceptors (Lipinski definition) is 5. The largest absolute Gasteiger partial charge is 0.391 e. The molecule has 3 amide bonds. The van der Waals surface area contributed by atoms with Crippen molar-refractivity contribution in [3.05, 3.63) is 30.3 Å². The van der Waals surface area contributed by atoms with Crippen LogP contribution in [0.3, 0.4) is 0 Å². The highest BCUT2D eigenvalue weighted by molar-refractivity contribution is 7.85. The molecule has 8 nitrogen and oxygen atoms in total. The molecule has 0 unspecified atom stereocenters. The molecule has 4 N–H and O–H groups in total. The van der Waals surface area contributed by atoms with E-state index >= 15 is 0 Å². The Morgan fingerprint density at radius 2 is 2.00 bits per heavy atom. The van der Waals surface area contributed by atoms with Crippen molar-refractivity contribution in [3.8, 4) is 0 Å². The molecule has 1 fully saturated rings. The number of nitrogens with zero attached hydrogens (tertiary/aromatic N) is 1. The number of aliphatic hydroxyl groups excluding tert-OH is 1. The Morgan fingerprint density at radius 3 is 2.58 bits per heavy atom. The zero-order valence-electron chi connectivity index (χ0n) is 14.5. The van der Waals surface area contributed by atoms with Crippen molar-refractivity contribution >= 4 is 28.5 Å². The maximum Gasteiger partial charge on any atom is 0.243 e. The Bertz CT molecular complexity index is 697. The summed E-state index contributed by atoms with van der Waals surface area (Å²) in [4.78, 5) is 37.6. The molecule has 0 spiro atoms. The highest BCUT2D eigenvalue weighted by Gasteiger charge is 2.38. The summed E-state index contributed by atoms with van der Waals surface area (Å²) in [5.41, 5.74) is 5.35. The van der Waals surface area contributed by atoms with Gasteiger partial charge in [-0.15, -0.1) is 0 Å². The lowest BCUT2D eigenvalue weighted by Gasteiger charge is -2.24. The van der Waals surface area contributed by atoms with Crippen LogP contribution in [0.5, 0.6) is 0 Å². The number of carbonyl (C=O) groups is 3. The van der Waals surface area contributed by atoms with Crippen LogP contribution in [0.25, 0.3) is 0 Å². The molecular weight excluding hydrogens is 358 g/mol. The fraction of sp³-hybridized carbons (Fsp3) is 0.471. The maximum absolute atomic E-state index is 12.4. The van der Waals surface area contributed by atoms with Crippen molar-refractivity contribution in [3.63, 3.8) is 0 Å². The molecule has 0 aliphatic carbocycles. The quantitative estimate of drug-likeness (QED) is 0.566. The molecule has 1 aliphatic rings. The lowest BCUT2D eigenvalue weighted by molar-refractivity contribution is -0.138. The smallest absolute Gasteiger partial charge is 0.243 e. The lowest BCUT2D eigenvalue weighted by Crippen LogP contribution is -2.52. The monoisotopic (exact) mass is 381 g/mol. The van der Waals surface area contributed by atoms with E-state index < -0.39 is 40.8 Å². The third-order valence-electron chi connectivity index (χ3n) is 4.24. The minimum absolute atomic E-state index is 0.0761. The summed E-state index contributed by atoms with van der Waals surface area (Å²) in [5.74, 6) is -1.47. The van der Waals surface area contributed by atoms with Gasteiger partial charge in [-0.05, 0) is 18.6 Å². The van der Waals surface area contributed by atoms with Crippen LogP contribution in [0.1, 0.15) is 19.8 Å². The number of hydrogen-bond donors (Lipinski definition) is 3. The summed E-state index contributed by atoms with van der Waals surface area (Å²) in [6.45, 7) is 1.39. The molecule has 2 rings (SSSR count). The lowest BCUT2D eigenvalue weighted by atomic mass is 10.1. The van der Waals surface area contributed by atoms with Gasteiger partial charge in [-0.3, -0.25) is 18.6 Å². The number of primary amides is 1. The van der Waals surface area contributed by atoms with Crippen molar-refractivity contribution < 1.29 is 23.7 Å². The summed E-state index contributed by atoms with van der Waals surface area (Å²) in [6.07, 6.45) is -0.572. The zero-order chi connectivity index (χ0) is 19.3. The summed E-state index contributed by atoms with van der Waals surface area (Å²) in [6, 6.07) is 6.94. The molecule has 4 atom stereocenters. The minimum Gasteiger partial charge on any atom is -0.391 e. The molecule has 0 bridgehead atoms. The Balaban J connectivity index is 1.97. The predicted molar refractivity (Wildman–Crippen MR) is 95.3 cm³/mol. The molecule has 26 heavy (non-hydrogen) atoms. The number of benzene rings is 1. The number of amides is 3. The Labute approximate surface area is 154 Å². The normalized spacial score (nSPS) is 21.8. The van der Waals surface area contributed by atoms with Crippen LogP contribution < -0.4 is 11.1 Å². The van der Waals surface area contributed by atoms with Gasteiger partial charge in [-0.25, -0.2) is 0 Å². The van der Waals surface area contributed by atoms with Crippen LogP contribution in [0.15, 0.2) is 35.2 Å². The van der Waals surface area contributed by atoms with Gasteiger partial charge in [0.15, 0.2) is 0 Å². The van der Waals surface area contributed by atoms with E-state index in [-0.39, 0.29) is 31.0 Å². The van der Waals surface area contributed by atoms with E-state index in [0.717, 1.165) is 0 Å². The van der Waals surface area contributed by atoms with E-state index in [4.69, 9.17) is 5.73 Å². The van der Waals surface area contributed by atoms with Gasteiger partial charge in [0, 0.05) is 30.5 Å². The van der Waals surface area contributed by atoms with Crippen LogP contribution in [0, 0.1) is 0 Å². The average molecular weight is 381 g/mol. The maximum atomic E-state index is 12.4. The van der Waals surface area contributed by atoms with Crippen LogP contribution in [0.2, 0.25) is 0 Å². The molecule has 0 aromatic heterocycles. The minimum atomic E-state index is -1.32. The number of rotatable bonds is 7. The van der Waals surface area contributed by atoms with Gasteiger partial charge in [-0.1, -0.05) is 18.2 Å². The van der Waals surface area contributed by atoms with Crippen molar-refractivity contribution in [1.82, 2.24) is 10.2 Å². The first kappa shape index (κ1) is 20.1. The number of aliphatic hydroxyl groups is 1. The number of carbonyl (C=O) groups excluding carboxylic acids is 3. The molecule has 142 valence electrons. The third-order valence-corrected chi connectivity index (χ3v) is 5.65. The second-order valence-corrected chi connectivity index (χ2v) is 7.76. The fourth-order valence-corrected chi connectivity index (χ4v) is 4.03. The molecule has 1 aromatic carbocycles. The van der Waals surface area contributed by atoms with E-state index in [1.165, 1.54) is 11.8 Å². The van der Waals surface area contributed by atoms with Crippen molar-refractivity contribution in [2.45, 2.75) is 42.8 Å². The van der Waals surface area contributed by atoms with Crippen LogP contribution in [0.4, 0.5) is 0 Å². The first-order valence-electron chi connectivity index (χ1n) is 8.28. The second kappa shape index (κ2) is 8.91. The van der Waals surface area contributed by atoms with Gasteiger partial charge in [0.05, 0.1) is 16.9 Å². The van der Waals surface area contributed by atoms with Crippen molar-refractivity contribution in [2.75, 3.05) is 12.3 Å². The van der Waals surface area contributed by atoms with E-state index in [2.05, 4.69) is 5.32 Å². The molecule has 9 heteroatoms. The number of nitrogens with one attached hydrogen (secondary N) is 1. The molecule has 1 saturated heterocycles. The Morgan fingerprint density at radius 1 is 1.35 bits per heavy atom. The van der Waals surface area contributed by atoms with Crippen LogP contribution in [-0.4, -0.2) is 62.4 Å². The SMILES string of the molecule is CC(=O)N1C[C@H](O)C[C@H]1C(=O)N[C@H](CC[S@](=O)c1ccccc1)C(N)=O. The summed E-state index contributed by atoms with van der Waals surface area (Å²) >= 11 is 0. The Hall–Kier alpha value is -2.26. The number of nitrogens with two attached hydrogens (primary N) is 1. The van der Waals surface area contributed by atoms with Crippen molar-refractivity contribution in [2.24, 2.45) is 5.73 Å². The molecule has 1 aliphatic heterocycles. The standard InChI is InChI=1S/C17H23N3O5S/c1-11(21)20-10-12(22)9-15(20)17(24)19-14(16(18)23)7-8-26(25)13-5-3-2-4-6-13/h2-6,12,14-15,22H,7-10H2,1H3,(H2,18,23)(H,19,24)/t12-,14-,15+,26+/m1/s1. The fourth-order valence-electron chi connectivity index (χ4n) is 2.88. The van der Waals surface area contributed by atoms with Gasteiger partial charge in [0.1, 0.15) is 12.1 Å². The molecule has 0 radical (unpaired) electrons. The molecular formula is C17H23N3O5S. The summed E-state index contributed by atoms with van der Waals surface area (Å²) < 4.78 is 12.3. The first-order valence-corrected chi connectivity index (χ1v) is 9.60. The zero-order valence-corrected chi connectivity index (χ0v) is 15.3. The van der Waals surface area contributed by atoms with Crippen molar-refractivity contribution in [1.29, 1.82) is 0 Å². The van der Waals surface area contributed by atoms with E-state index in [1.807, 2.05) is 6.07 Å². The van der Waals surface area contributed by atoms with Gasteiger partial charge in [-0.2, -0.15) is 0 Å². The summed E-state index contributed by atoms with van der Waals surface area (Å²) in [7, 11) is -1.32. The average Bonchev–Trinajstić information content (AvgIpc) is 3.01. The van der Waals surface area contributed by atoms with Gasteiger partial charge >= 0.3 is 0 Å². The summed E-state index contributed by atoms with van der Waals surface area (Å²) in [5, 5.41) is 12.2. The van der Waals surface area contributed by atoms with Gasteiger partial charge in [0.2, 0.25) is 17.7 Å². The number of likely N-dealkylation sites (tertiary alicyclic amines) is 1. The third kappa shape index (κ3) is 5.12. The van der Waals surface area contributed by atoms with E-state index in [0.29, 0.717) is 4.90 Å². The van der Waals surface area contributed by atoms with Gasteiger partial charge < -0.3 is 21.1 Å². The number of β-amino-alcohol motifs (C(OH)–C–C–N with tert-alkyl or cyclic N) is 1. The Kier molecular flexibility index (Phi) is 6.87. The van der Waals surface area contributed by atoms with E-state index in [9.17, 15) is 23.7 Å². The van der Waals surface area contributed by atoms with Gasteiger partial charge in [0.25, 0.3) is 0 Å². The highest BCUT2D eigenvalue weighted by atomic mass is 32.2. The first-order chi connectivity index (χ1) is 12.3. The van der Waals surface area contributed by atoms with E-state index in [1.54, 1.807) is 24.3 Å². The molecule has 0 saturated carbocycles. The second-order valence-electron chi connectivity index (χ2n) is 6.19. The predicted octanol–water partition coefficient (Wildman–Crippen LogP) is -0.864. The molecule has 1 heterocycles. The highest BCUT2D eigenvalue weighted by Crippen LogP contribution is 2.18. The van der Waals surface area contributed by atoms with Crippen LogP contribution in [-0.2, 0) is 25.2 Å².